The standard InChI is InChI=1S/C17H26N2O4.ClH/c1-21-14-8-13(9-15(22-2)17(14)23-3)10-16(20)19-7-5-12-4-6-18-11-12;/h8-9,12,18H,4-7,10-11H2,1-3H3,(H,19,20);1H. The summed E-state index contributed by atoms with van der Waals surface area (Å²) in [5.74, 6) is 2.34. The van der Waals surface area contributed by atoms with Gasteiger partial charge in [-0.25, -0.2) is 0 Å². The number of carbonyl (C=O) groups excluding carboxylic acids is 1. The second-order valence-corrected chi connectivity index (χ2v) is 5.71. The molecule has 0 bridgehead atoms. The average Bonchev–Trinajstić information content (AvgIpc) is 3.07. The van der Waals surface area contributed by atoms with Crippen LogP contribution in [-0.4, -0.2) is 46.9 Å². The Kier molecular flexibility index (Phi) is 8.71. The van der Waals surface area contributed by atoms with Crippen LogP contribution in [0, 0.1) is 5.92 Å². The van der Waals surface area contributed by atoms with Crippen molar-refractivity contribution in [3.63, 3.8) is 0 Å². The highest BCUT2D eigenvalue weighted by Crippen LogP contribution is 2.38. The van der Waals surface area contributed by atoms with Gasteiger partial charge in [0.15, 0.2) is 11.5 Å². The Bertz CT molecular complexity index is 508. The summed E-state index contributed by atoms with van der Waals surface area (Å²) in [7, 11) is 4.69. The minimum atomic E-state index is 0. The molecule has 1 atom stereocenters. The second kappa shape index (κ2) is 10.3. The third-order valence-electron chi connectivity index (χ3n) is 4.13. The Hall–Kier alpha value is -1.66. The molecule has 1 amide bonds. The number of rotatable bonds is 8. The van der Waals surface area contributed by atoms with Crippen molar-refractivity contribution in [3.05, 3.63) is 17.7 Å². The van der Waals surface area contributed by atoms with E-state index in [-0.39, 0.29) is 18.3 Å². The zero-order valence-electron chi connectivity index (χ0n) is 14.5. The molecule has 24 heavy (non-hydrogen) atoms. The maximum atomic E-state index is 12.1. The summed E-state index contributed by atoms with van der Waals surface area (Å²) in [6, 6.07) is 3.61. The zero-order chi connectivity index (χ0) is 16.7. The lowest BCUT2D eigenvalue weighted by atomic mass is 10.1. The predicted octanol–water partition coefficient (Wildman–Crippen LogP) is 1.79. The molecule has 1 unspecified atom stereocenters. The van der Waals surface area contributed by atoms with Gasteiger partial charge in [0, 0.05) is 6.54 Å². The van der Waals surface area contributed by atoms with E-state index in [1.165, 1.54) is 6.42 Å². The quantitative estimate of drug-likeness (QED) is 0.741. The van der Waals surface area contributed by atoms with Gasteiger partial charge in [-0.1, -0.05) is 0 Å². The van der Waals surface area contributed by atoms with Crippen LogP contribution >= 0.6 is 12.4 Å². The molecule has 0 saturated carbocycles. The van der Waals surface area contributed by atoms with E-state index in [0.29, 0.717) is 29.6 Å². The zero-order valence-corrected chi connectivity index (χ0v) is 15.3. The van der Waals surface area contributed by atoms with E-state index < -0.39 is 0 Å². The van der Waals surface area contributed by atoms with Crippen LogP contribution in [0.25, 0.3) is 0 Å². The van der Waals surface area contributed by atoms with Crippen LogP contribution in [0.2, 0.25) is 0 Å². The van der Waals surface area contributed by atoms with Gasteiger partial charge in [0.1, 0.15) is 0 Å². The van der Waals surface area contributed by atoms with E-state index in [0.717, 1.165) is 31.6 Å². The summed E-state index contributed by atoms with van der Waals surface area (Å²) in [6.45, 7) is 2.86. The van der Waals surface area contributed by atoms with E-state index in [1.54, 1.807) is 21.3 Å². The van der Waals surface area contributed by atoms with Crippen molar-refractivity contribution >= 4 is 18.3 Å². The molecule has 0 aliphatic carbocycles. The highest BCUT2D eigenvalue weighted by molar-refractivity contribution is 5.85. The first-order valence-electron chi connectivity index (χ1n) is 7.94. The fourth-order valence-electron chi connectivity index (χ4n) is 2.86. The second-order valence-electron chi connectivity index (χ2n) is 5.71. The number of hydrogen-bond donors (Lipinski definition) is 2. The number of halogens is 1. The van der Waals surface area contributed by atoms with Gasteiger partial charge < -0.3 is 24.8 Å². The van der Waals surface area contributed by atoms with E-state index in [4.69, 9.17) is 14.2 Å². The molecule has 136 valence electrons. The highest BCUT2D eigenvalue weighted by atomic mass is 35.5. The molecule has 1 aromatic carbocycles. The minimum absolute atomic E-state index is 0. The van der Waals surface area contributed by atoms with Crippen molar-refractivity contribution in [1.29, 1.82) is 0 Å². The number of amides is 1. The Morgan fingerprint density at radius 1 is 1.21 bits per heavy atom. The van der Waals surface area contributed by atoms with Crippen LogP contribution in [0.1, 0.15) is 18.4 Å². The van der Waals surface area contributed by atoms with Gasteiger partial charge in [0.2, 0.25) is 11.7 Å². The average molecular weight is 359 g/mol. The Morgan fingerprint density at radius 3 is 2.38 bits per heavy atom. The van der Waals surface area contributed by atoms with Crippen molar-refractivity contribution in [3.8, 4) is 17.2 Å². The van der Waals surface area contributed by atoms with Gasteiger partial charge in [-0.15, -0.1) is 12.4 Å². The SMILES string of the molecule is COc1cc(CC(=O)NCCC2CCNC2)cc(OC)c1OC.Cl. The van der Waals surface area contributed by atoms with Crippen molar-refractivity contribution in [2.45, 2.75) is 19.3 Å². The Morgan fingerprint density at radius 2 is 1.88 bits per heavy atom. The fraction of sp³-hybridized carbons (Fsp3) is 0.588. The molecular formula is C17H27ClN2O4. The smallest absolute Gasteiger partial charge is 0.224 e. The van der Waals surface area contributed by atoms with Gasteiger partial charge in [-0.3, -0.25) is 4.79 Å². The third-order valence-corrected chi connectivity index (χ3v) is 4.13. The molecule has 2 N–H and O–H groups in total. The lowest BCUT2D eigenvalue weighted by Gasteiger charge is -2.14. The largest absolute Gasteiger partial charge is 0.493 e. The van der Waals surface area contributed by atoms with Crippen LogP contribution in [-0.2, 0) is 11.2 Å². The van der Waals surface area contributed by atoms with E-state index >= 15 is 0 Å². The monoisotopic (exact) mass is 358 g/mol. The number of methoxy groups -OCH3 is 3. The summed E-state index contributed by atoms with van der Waals surface area (Å²) in [5, 5.41) is 6.32. The van der Waals surface area contributed by atoms with Crippen LogP contribution in [0.3, 0.4) is 0 Å². The Labute approximate surface area is 149 Å². The van der Waals surface area contributed by atoms with Gasteiger partial charge in [-0.05, 0) is 49.5 Å². The van der Waals surface area contributed by atoms with Gasteiger partial charge in [0.05, 0.1) is 27.8 Å². The highest BCUT2D eigenvalue weighted by Gasteiger charge is 2.16. The number of benzene rings is 1. The van der Waals surface area contributed by atoms with E-state index in [2.05, 4.69) is 10.6 Å². The first kappa shape index (κ1) is 20.4. The molecule has 0 radical (unpaired) electrons. The molecule has 1 fully saturated rings. The summed E-state index contributed by atoms with van der Waals surface area (Å²) in [5.41, 5.74) is 0.833. The van der Waals surface area contributed by atoms with Gasteiger partial charge in [0.25, 0.3) is 0 Å². The van der Waals surface area contributed by atoms with Crippen LogP contribution in [0.4, 0.5) is 0 Å². The molecule has 1 saturated heterocycles. The Balaban J connectivity index is 0.00000288. The number of ether oxygens (including phenoxy) is 3. The number of hydrogen-bond acceptors (Lipinski definition) is 5. The van der Waals surface area contributed by atoms with E-state index in [9.17, 15) is 4.79 Å². The minimum Gasteiger partial charge on any atom is -0.493 e. The molecule has 0 spiro atoms. The summed E-state index contributed by atoms with van der Waals surface area (Å²) in [6.07, 6.45) is 2.51. The van der Waals surface area contributed by atoms with Crippen molar-refractivity contribution in [2.24, 2.45) is 5.92 Å². The number of nitrogens with one attached hydrogen (secondary N) is 2. The maximum absolute atomic E-state index is 12.1. The molecule has 7 heteroatoms. The van der Waals surface area contributed by atoms with Crippen LogP contribution in [0.5, 0.6) is 17.2 Å². The molecule has 1 aromatic rings. The first-order valence-corrected chi connectivity index (χ1v) is 7.94. The molecule has 2 rings (SSSR count). The first-order chi connectivity index (χ1) is 11.2. The van der Waals surface area contributed by atoms with Crippen molar-refractivity contribution in [2.75, 3.05) is 41.0 Å². The lowest BCUT2D eigenvalue weighted by molar-refractivity contribution is -0.120. The molecule has 1 aliphatic heterocycles. The summed E-state index contributed by atoms with van der Waals surface area (Å²) in [4.78, 5) is 12.1. The molecule has 1 heterocycles. The summed E-state index contributed by atoms with van der Waals surface area (Å²) < 4.78 is 15.9. The van der Waals surface area contributed by atoms with Crippen molar-refractivity contribution in [1.82, 2.24) is 10.6 Å². The topological polar surface area (TPSA) is 68.8 Å². The summed E-state index contributed by atoms with van der Waals surface area (Å²) >= 11 is 0. The fourth-order valence-corrected chi connectivity index (χ4v) is 2.86. The number of carbonyl (C=O) groups is 1. The van der Waals surface area contributed by atoms with Gasteiger partial charge in [-0.2, -0.15) is 0 Å². The van der Waals surface area contributed by atoms with E-state index in [1.807, 2.05) is 12.1 Å². The third kappa shape index (κ3) is 5.46. The van der Waals surface area contributed by atoms with Crippen LogP contribution < -0.4 is 24.8 Å². The maximum Gasteiger partial charge on any atom is 0.224 e. The normalized spacial score (nSPS) is 16.2. The predicted molar refractivity (Wildman–Crippen MR) is 95.7 cm³/mol. The molecular weight excluding hydrogens is 332 g/mol. The van der Waals surface area contributed by atoms with Gasteiger partial charge >= 0.3 is 0 Å². The lowest BCUT2D eigenvalue weighted by Crippen LogP contribution is -2.27. The molecule has 6 nitrogen and oxygen atoms in total. The molecule has 1 aliphatic rings. The van der Waals surface area contributed by atoms with Crippen molar-refractivity contribution < 1.29 is 19.0 Å². The molecule has 0 aromatic heterocycles. The van der Waals surface area contributed by atoms with Crippen LogP contribution in [0.15, 0.2) is 12.1 Å².